The fourth-order valence-electron chi connectivity index (χ4n) is 3.62. The number of nitrogens with one attached hydrogen (secondary N) is 2. The highest BCUT2D eigenvalue weighted by atomic mass is 32.2. The molecule has 7 nitrogen and oxygen atoms in total. The molecule has 1 aromatic heterocycles. The Morgan fingerprint density at radius 2 is 2.16 bits per heavy atom. The number of sulfone groups is 1. The van der Waals surface area contributed by atoms with Crippen molar-refractivity contribution in [1.82, 2.24) is 9.97 Å². The number of anilines is 2. The van der Waals surface area contributed by atoms with Crippen molar-refractivity contribution < 1.29 is 13.2 Å². The average Bonchev–Trinajstić information content (AvgIpc) is 2.92. The Morgan fingerprint density at radius 1 is 1.32 bits per heavy atom. The highest BCUT2D eigenvalue weighted by Gasteiger charge is 2.31. The van der Waals surface area contributed by atoms with Gasteiger partial charge < -0.3 is 15.4 Å². The Labute approximate surface area is 149 Å². The van der Waals surface area contributed by atoms with Gasteiger partial charge in [-0.05, 0) is 37.7 Å². The van der Waals surface area contributed by atoms with Gasteiger partial charge in [0.25, 0.3) is 0 Å². The summed E-state index contributed by atoms with van der Waals surface area (Å²) in [6, 6.07) is 2.07. The van der Waals surface area contributed by atoms with E-state index in [0.717, 1.165) is 31.7 Å². The molecule has 140 valence electrons. The molecule has 0 aromatic carbocycles. The van der Waals surface area contributed by atoms with E-state index in [9.17, 15) is 8.42 Å². The van der Waals surface area contributed by atoms with Crippen molar-refractivity contribution in [2.24, 2.45) is 5.92 Å². The van der Waals surface area contributed by atoms with Crippen molar-refractivity contribution in [3.8, 4) is 0 Å². The third-order valence-corrected chi connectivity index (χ3v) is 7.24. The number of aromatic nitrogens is 2. The molecule has 0 aliphatic carbocycles. The summed E-state index contributed by atoms with van der Waals surface area (Å²) in [5.74, 6) is 1.93. The molecule has 2 aliphatic heterocycles. The first-order valence-corrected chi connectivity index (χ1v) is 10.8. The predicted octanol–water partition coefficient (Wildman–Crippen LogP) is 2.08. The van der Waals surface area contributed by atoms with E-state index >= 15 is 0 Å². The molecule has 1 aromatic rings. The molecular weight excluding hydrogens is 340 g/mol. The second-order valence-corrected chi connectivity index (χ2v) is 9.65. The van der Waals surface area contributed by atoms with Crippen molar-refractivity contribution in [1.29, 1.82) is 0 Å². The van der Waals surface area contributed by atoms with Gasteiger partial charge in [0.1, 0.15) is 5.82 Å². The van der Waals surface area contributed by atoms with Crippen LogP contribution >= 0.6 is 0 Å². The van der Waals surface area contributed by atoms with Gasteiger partial charge in [0.2, 0.25) is 5.95 Å². The lowest BCUT2D eigenvalue weighted by Gasteiger charge is -2.35. The van der Waals surface area contributed by atoms with Gasteiger partial charge in [-0.25, -0.2) is 13.4 Å². The normalized spacial score (nSPS) is 28.8. The molecular formula is C17H28N4O3S. The predicted molar refractivity (Wildman–Crippen MR) is 98.6 cm³/mol. The maximum atomic E-state index is 11.9. The summed E-state index contributed by atoms with van der Waals surface area (Å²) >= 11 is 0. The lowest BCUT2D eigenvalue weighted by molar-refractivity contribution is -0.0203. The van der Waals surface area contributed by atoms with Gasteiger partial charge in [0.15, 0.2) is 9.84 Å². The summed E-state index contributed by atoms with van der Waals surface area (Å²) in [6.45, 7) is 5.51. The van der Waals surface area contributed by atoms with Crippen molar-refractivity contribution >= 4 is 21.6 Å². The maximum Gasteiger partial charge on any atom is 0.224 e. The van der Waals surface area contributed by atoms with Gasteiger partial charge in [0, 0.05) is 19.3 Å². The molecule has 2 saturated heterocycles. The zero-order valence-corrected chi connectivity index (χ0v) is 15.8. The molecule has 0 saturated carbocycles. The summed E-state index contributed by atoms with van der Waals surface area (Å²) in [5, 5.41) is 6.21. The third kappa shape index (κ3) is 4.61. The fourth-order valence-corrected chi connectivity index (χ4v) is 5.39. The van der Waals surface area contributed by atoms with E-state index in [2.05, 4.69) is 34.4 Å². The SMILES string of the molecule is CC(C)[C@@H]1OCCC[C@H]1Nc1ccnc(NC[C@H]2CCCS2(=O)=O)n1. The van der Waals surface area contributed by atoms with E-state index in [1.54, 1.807) is 6.20 Å². The Balaban J connectivity index is 1.61. The van der Waals surface area contributed by atoms with Crippen molar-refractivity contribution in [2.45, 2.75) is 56.9 Å². The first-order chi connectivity index (χ1) is 12.0. The molecule has 2 N–H and O–H groups in total. The number of ether oxygens (including phenoxy) is 1. The third-order valence-electron chi connectivity index (χ3n) is 4.96. The smallest absolute Gasteiger partial charge is 0.224 e. The summed E-state index contributed by atoms with van der Waals surface area (Å²) in [7, 11) is -2.96. The molecule has 3 heterocycles. The second kappa shape index (κ2) is 7.86. The van der Waals surface area contributed by atoms with Crippen molar-refractivity contribution in [3.05, 3.63) is 12.3 Å². The van der Waals surface area contributed by atoms with Crippen molar-refractivity contribution in [3.63, 3.8) is 0 Å². The van der Waals surface area contributed by atoms with E-state index in [4.69, 9.17) is 4.74 Å². The van der Waals surface area contributed by atoms with Crippen LogP contribution < -0.4 is 10.6 Å². The fraction of sp³-hybridized carbons (Fsp3) is 0.765. The molecule has 3 rings (SSSR count). The molecule has 0 radical (unpaired) electrons. The minimum Gasteiger partial charge on any atom is -0.376 e. The standard InChI is InChI=1S/C17H28N4O3S/c1-12(2)16-14(6-3-9-24-16)20-15-7-8-18-17(21-15)19-11-13-5-4-10-25(13,22)23/h7-8,12-14,16H,3-6,9-11H2,1-2H3,(H2,18,19,20,21)/t13-,14-,16+/m1/s1. The summed E-state index contributed by atoms with van der Waals surface area (Å²) in [4.78, 5) is 8.69. The Hall–Kier alpha value is -1.41. The number of hydrogen-bond acceptors (Lipinski definition) is 7. The van der Waals surface area contributed by atoms with Crippen LogP contribution in [0.15, 0.2) is 12.3 Å². The van der Waals surface area contributed by atoms with Crippen LogP contribution in [0.5, 0.6) is 0 Å². The van der Waals surface area contributed by atoms with Gasteiger partial charge in [-0.1, -0.05) is 13.8 Å². The van der Waals surface area contributed by atoms with E-state index in [0.29, 0.717) is 30.6 Å². The van der Waals surface area contributed by atoms with Crippen LogP contribution in [0, 0.1) is 5.92 Å². The average molecular weight is 369 g/mol. The molecule has 3 atom stereocenters. The molecule has 0 spiro atoms. The molecule has 25 heavy (non-hydrogen) atoms. The van der Waals surface area contributed by atoms with Crippen LogP contribution in [0.3, 0.4) is 0 Å². The Morgan fingerprint density at radius 3 is 2.88 bits per heavy atom. The minimum atomic E-state index is -2.96. The highest BCUT2D eigenvalue weighted by molar-refractivity contribution is 7.92. The topological polar surface area (TPSA) is 93.2 Å². The van der Waals surface area contributed by atoms with Crippen LogP contribution in [0.2, 0.25) is 0 Å². The molecule has 8 heteroatoms. The lowest BCUT2D eigenvalue weighted by atomic mass is 9.94. The van der Waals surface area contributed by atoms with Crippen LogP contribution in [0.25, 0.3) is 0 Å². The van der Waals surface area contributed by atoms with E-state index in [1.165, 1.54) is 0 Å². The molecule has 2 aliphatic rings. The Kier molecular flexibility index (Phi) is 5.78. The molecule has 0 bridgehead atoms. The minimum absolute atomic E-state index is 0.170. The van der Waals surface area contributed by atoms with Crippen molar-refractivity contribution in [2.75, 3.05) is 29.5 Å². The number of nitrogens with zero attached hydrogens (tertiary/aromatic N) is 2. The first kappa shape index (κ1) is 18.4. The monoisotopic (exact) mass is 368 g/mol. The summed E-state index contributed by atoms with van der Waals surface area (Å²) in [6.07, 6.45) is 5.41. The second-order valence-electron chi connectivity index (χ2n) is 7.25. The van der Waals surface area contributed by atoms with Gasteiger partial charge in [0.05, 0.1) is 23.1 Å². The van der Waals surface area contributed by atoms with Gasteiger partial charge in [-0.15, -0.1) is 0 Å². The van der Waals surface area contributed by atoms with Gasteiger partial charge >= 0.3 is 0 Å². The summed E-state index contributed by atoms with van der Waals surface area (Å²) < 4.78 is 29.7. The van der Waals surface area contributed by atoms with Gasteiger partial charge in [-0.2, -0.15) is 4.98 Å². The molecule has 0 unspecified atom stereocenters. The Bertz CT molecular complexity index is 680. The quantitative estimate of drug-likeness (QED) is 0.794. The zero-order chi connectivity index (χ0) is 17.9. The lowest BCUT2D eigenvalue weighted by Crippen LogP contribution is -2.43. The maximum absolute atomic E-state index is 11.9. The van der Waals surface area contributed by atoms with E-state index in [-0.39, 0.29) is 17.4 Å². The zero-order valence-electron chi connectivity index (χ0n) is 14.9. The number of hydrogen-bond donors (Lipinski definition) is 2. The first-order valence-electron chi connectivity index (χ1n) is 9.12. The van der Waals surface area contributed by atoms with Crippen LogP contribution in [0.4, 0.5) is 11.8 Å². The van der Waals surface area contributed by atoms with Crippen LogP contribution in [-0.2, 0) is 14.6 Å². The molecule has 0 amide bonds. The highest BCUT2D eigenvalue weighted by Crippen LogP contribution is 2.24. The number of rotatable bonds is 6. The van der Waals surface area contributed by atoms with Crippen LogP contribution in [-0.4, -0.2) is 54.7 Å². The molecule has 2 fully saturated rings. The largest absolute Gasteiger partial charge is 0.376 e. The summed E-state index contributed by atoms with van der Waals surface area (Å²) in [5.41, 5.74) is 0. The van der Waals surface area contributed by atoms with E-state index in [1.807, 2.05) is 6.07 Å². The van der Waals surface area contributed by atoms with Gasteiger partial charge in [-0.3, -0.25) is 0 Å². The van der Waals surface area contributed by atoms with E-state index < -0.39 is 9.84 Å². The van der Waals surface area contributed by atoms with Crippen LogP contribution in [0.1, 0.15) is 39.5 Å².